The Morgan fingerprint density at radius 3 is 2.06 bits per heavy atom. The molecular weight excluding hydrogens is 422 g/mol. The average Bonchev–Trinajstić information content (AvgIpc) is 2.75. The fourth-order valence-electron chi connectivity index (χ4n) is 3.92. The summed E-state index contributed by atoms with van der Waals surface area (Å²) in [6, 6.07) is 7.19. The molecule has 0 aliphatic carbocycles. The van der Waals surface area contributed by atoms with Crippen LogP contribution in [0.4, 0.5) is 0 Å². The number of aliphatic carboxylic acids is 1. The maximum Gasteiger partial charge on any atom is 0.331 e. The van der Waals surface area contributed by atoms with Gasteiger partial charge in [0, 0.05) is 18.0 Å². The first-order valence-corrected chi connectivity index (χ1v) is 11.1. The van der Waals surface area contributed by atoms with Crippen LogP contribution in [0.15, 0.2) is 42.0 Å². The molecule has 0 aliphatic rings. The molecule has 4 N–H and O–H groups in total. The molecule has 33 heavy (non-hydrogen) atoms. The highest BCUT2D eigenvalue weighted by Crippen LogP contribution is 2.27. The van der Waals surface area contributed by atoms with Crippen LogP contribution in [0.5, 0.6) is 0 Å². The molecule has 0 heterocycles. The molecule has 2 amide bonds. The summed E-state index contributed by atoms with van der Waals surface area (Å²) in [6.07, 6.45) is 0.361. The van der Waals surface area contributed by atoms with Crippen molar-refractivity contribution >= 4 is 17.8 Å². The lowest BCUT2D eigenvalue weighted by Crippen LogP contribution is -2.61. The summed E-state index contributed by atoms with van der Waals surface area (Å²) < 4.78 is 0. The highest BCUT2D eigenvalue weighted by Gasteiger charge is 2.39. The van der Waals surface area contributed by atoms with Crippen molar-refractivity contribution in [2.75, 3.05) is 14.1 Å². The second-order valence-corrected chi connectivity index (χ2v) is 9.37. The first-order chi connectivity index (χ1) is 15.2. The Bertz CT molecular complexity index is 849. The quantitative estimate of drug-likeness (QED) is 0.374. The number of likely N-dealkylation sites (N-methyl/N-ethyl adjacent to an activating group) is 2. The van der Waals surface area contributed by atoms with E-state index in [4.69, 9.17) is 0 Å². The van der Waals surface area contributed by atoms with Crippen molar-refractivity contribution in [2.24, 2.45) is 5.92 Å². The molecule has 0 saturated heterocycles. The summed E-state index contributed by atoms with van der Waals surface area (Å²) in [5, 5.41) is 25.3. The number of hydrogen-bond acceptors (Lipinski definition) is 5. The zero-order chi connectivity index (χ0) is 25.5. The van der Waals surface area contributed by atoms with Crippen molar-refractivity contribution < 1.29 is 24.6 Å². The van der Waals surface area contributed by atoms with E-state index in [0.29, 0.717) is 0 Å². The molecule has 1 rings (SSSR count). The summed E-state index contributed by atoms with van der Waals surface area (Å²) >= 11 is 0. The fourth-order valence-corrected chi connectivity index (χ4v) is 3.92. The van der Waals surface area contributed by atoms with Crippen LogP contribution < -0.4 is 10.6 Å². The first kappa shape index (κ1) is 28.3. The van der Waals surface area contributed by atoms with Crippen LogP contribution in [0.3, 0.4) is 0 Å². The summed E-state index contributed by atoms with van der Waals surface area (Å²) in [5.74, 6) is -2.07. The molecule has 0 aliphatic heterocycles. The zero-order valence-electron chi connectivity index (χ0n) is 20.9. The number of carboxylic acids is 1. The second kappa shape index (κ2) is 12.0. The number of aliphatic hydroxyl groups excluding tert-OH is 1. The van der Waals surface area contributed by atoms with Gasteiger partial charge in [-0.2, -0.15) is 0 Å². The standard InChI is InChI=1S/C25H39N3O5/c1-15(2)19(14-16(3)24(32)33)28(8)23(31)20(17(4)29)27-22(30)21(26-7)25(5,6)18-12-10-9-11-13-18/h9-15,17,19-21,26,29H,1-8H3,(H,27,30)(H,32,33)/b16-14+/t17?,19-,20+,21-/m1/s1. The summed E-state index contributed by atoms with van der Waals surface area (Å²) in [7, 11) is 3.22. The molecule has 184 valence electrons. The van der Waals surface area contributed by atoms with E-state index in [-0.39, 0.29) is 11.5 Å². The smallest absolute Gasteiger partial charge is 0.331 e. The van der Waals surface area contributed by atoms with Crippen LogP contribution in [-0.4, -0.2) is 71.2 Å². The monoisotopic (exact) mass is 461 g/mol. The third-order valence-electron chi connectivity index (χ3n) is 6.07. The molecule has 0 saturated carbocycles. The van der Waals surface area contributed by atoms with E-state index in [1.165, 1.54) is 24.8 Å². The summed E-state index contributed by atoms with van der Waals surface area (Å²) in [4.78, 5) is 39.2. The number of carbonyl (C=O) groups excluding carboxylic acids is 2. The highest BCUT2D eigenvalue weighted by atomic mass is 16.4. The molecule has 0 aromatic heterocycles. The second-order valence-electron chi connectivity index (χ2n) is 9.37. The largest absolute Gasteiger partial charge is 0.478 e. The van der Waals surface area contributed by atoms with Gasteiger partial charge in [-0.25, -0.2) is 4.79 Å². The van der Waals surface area contributed by atoms with Crippen molar-refractivity contribution in [3.05, 3.63) is 47.5 Å². The Hall–Kier alpha value is -2.71. The lowest BCUT2D eigenvalue weighted by molar-refractivity contribution is -0.140. The van der Waals surface area contributed by atoms with Gasteiger partial charge in [0.2, 0.25) is 11.8 Å². The molecule has 0 radical (unpaired) electrons. The first-order valence-electron chi connectivity index (χ1n) is 11.1. The molecule has 1 aromatic rings. The van der Waals surface area contributed by atoms with Crippen molar-refractivity contribution in [3.8, 4) is 0 Å². The van der Waals surface area contributed by atoms with Gasteiger partial charge in [0.25, 0.3) is 0 Å². The van der Waals surface area contributed by atoms with Gasteiger partial charge in [-0.1, -0.05) is 64.1 Å². The number of carboxylic acid groups (broad SMARTS) is 1. The Kier molecular flexibility index (Phi) is 10.3. The minimum Gasteiger partial charge on any atom is -0.478 e. The number of hydrogen-bond donors (Lipinski definition) is 4. The van der Waals surface area contributed by atoms with Gasteiger partial charge in [-0.3, -0.25) is 9.59 Å². The van der Waals surface area contributed by atoms with Crippen molar-refractivity contribution in [1.82, 2.24) is 15.5 Å². The SMILES string of the molecule is CN[C@H](C(=O)N[C@H](C(=O)N(C)[C@H](/C=C(\C)C(=O)O)C(C)C)C(C)O)C(C)(C)c1ccccc1. The molecule has 8 nitrogen and oxygen atoms in total. The molecule has 0 fully saturated rings. The molecule has 1 aromatic carbocycles. The van der Waals surface area contributed by atoms with E-state index in [1.54, 1.807) is 14.1 Å². The number of benzene rings is 1. The van der Waals surface area contributed by atoms with Gasteiger partial charge in [-0.15, -0.1) is 0 Å². The van der Waals surface area contributed by atoms with Crippen LogP contribution in [0, 0.1) is 5.92 Å². The maximum absolute atomic E-state index is 13.3. The van der Waals surface area contributed by atoms with Crippen LogP contribution in [0.2, 0.25) is 0 Å². The van der Waals surface area contributed by atoms with Crippen LogP contribution in [-0.2, 0) is 19.8 Å². The van der Waals surface area contributed by atoms with E-state index in [0.717, 1.165) is 5.56 Å². The Morgan fingerprint density at radius 2 is 1.64 bits per heavy atom. The lowest BCUT2D eigenvalue weighted by atomic mass is 9.77. The van der Waals surface area contributed by atoms with E-state index in [2.05, 4.69) is 10.6 Å². The van der Waals surface area contributed by atoms with Crippen LogP contribution in [0.1, 0.15) is 47.1 Å². The minimum atomic E-state index is -1.19. The van der Waals surface area contributed by atoms with Gasteiger partial charge >= 0.3 is 5.97 Å². The molecule has 8 heteroatoms. The number of nitrogens with one attached hydrogen (secondary N) is 2. The normalized spacial score (nSPS) is 16.0. The molecule has 0 bridgehead atoms. The van der Waals surface area contributed by atoms with E-state index in [1.807, 2.05) is 58.0 Å². The molecule has 4 atom stereocenters. The van der Waals surface area contributed by atoms with Gasteiger partial charge < -0.3 is 25.7 Å². The Labute approximate surface area is 197 Å². The van der Waals surface area contributed by atoms with Crippen molar-refractivity contribution in [2.45, 2.75) is 71.2 Å². The van der Waals surface area contributed by atoms with Gasteiger partial charge in [0.15, 0.2) is 0 Å². The Morgan fingerprint density at radius 1 is 1.09 bits per heavy atom. The van der Waals surface area contributed by atoms with Gasteiger partial charge in [0.05, 0.1) is 18.2 Å². The Balaban J connectivity index is 3.19. The molecular formula is C25H39N3O5. The molecule has 0 spiro atoms. The van der Waals surface area contributed by atoms with Crippen LogP contribution >= 0.6 is 0 Å². The number of carbonyl (C=O) groups is 3. The number of rotatable bonds is 11. The summed E-state index contributed by atoms with van der Waals surface area (Å²) in [6.45, 7) is 10.5. The molecule has 1 unspecified atom stereocenters. The third kappa shape index (κ3) is 7.14. The van der Waals surface area contributed by atoms with Crippen molar-refractivity contribution in [3.63, 3.8) is 0 Å². The van der Waals surface area contributed by atoms with E-state index >= 15 is 0 Å². The maximum atomic E-state index is 13.3. The van der Waals surface area contributed by atoms with E-state index < -0.39 is 47.4 Å². The predicted octanol–water partition coefficient (Wildman–Crippen LogP) is 1.93. The minimum absolute atomic E-state index is 0.0827. The zero-order valence-corrected chi connectivity index (χ0v) is 20.9. The average molecular weight is 462 g/mol. The highest BCUT2D eigenvalue weighted by molar-refractivity contribution is 5.91. The van der Waals surface area contributed by atoms with Gasteiger partial charge in [-0.05, 0) is 32.4 Å². The topological polar surface area (TPSA) is 119 Å². The fraction of sp³-hybridized carbons (Fsp3) is 0.560. The summed E-state index contributed by atoms with van der Waals surface area (Å²) in [5.41, 5.74) is 0.469. The number of amides is 2. The lowest BCUT2D eigenvalue weighted by Gasteiger charge is -2.37. The van der Waals surface area contributed by atoms with E-state index in [9.17, 15) is 24.6 Å². The van der Waals surface area contributed by atoms with Crippen LogP contribution in [0.25, 0.3) is 0 Å². The number of aliphatic hydroxyl groups is 1. The van der Waals surface area contributed by atoms with Crippen molar-refractivity contribution in [1.29, 1.82) is 0 Å². The third-order valence-corrected chi connectivity index (χ3v) is 6.07. The van der Waals surface area contributed by atoms with Gasteiger partial charge in [0.1, 0.15) is 6.04 Å². The number of nitrogens with zero attached hydrogens (tertiary/aromatic N) is 1. The predicted molar refractivity (Wildman–Crippen MR) is 129 cm³/mol.